The standard InChI is InChI=1S/C22H29N5O3/c1-22-9-11-26(12-10-22)21(29)4-2-3-18-16-27(25-24-18)13-14-30-19-7-5-17(6-8-19)15-20(28)23-22/h5-8,16H,2-4,9-15H2,1H3,(H,23,28). The molecule has 5 heterocycles. The Morgan fingerprint density at radius 2 is 1.83 bits per heavy atom. The first kappa shape index (κ1) is 20.4. The van der Waals surface area contributed by atoms with Gasteiger partial charge in [-0.25, -0.2) is 4.68 Å². The minimum Gasteiger partial charge on any atom is -0.492 e. The van der Waals surface area contributed by atoms with Gasteiger partial charge in [0, 0.05) is 31.2 Å². The molecule has 4 aliphatic heterocycles. The van der Waals surface area contributed by atoms with E-state index >= 15 is 0 Å². The van der Waals surface area contributed by atoms with Crippen LogP contribution in [0.4, 0.5) is 0 Å². The second-order valence-electron chi connectivity index (χ2n) is 8.49. The van der Waals surface area contributed by atoms with E-state index in [1.807, 2.05) is 35.4 Å². The molecule has 0 atom stereocenters. The van der Waals surface area contributed by atoms with E-state index in [1.165, 1.54) is 0 Å². The van der Waals surface area contributed by atoms with Gasteiger partial charge in [0.15, 0.2) is 0 Å². The van der Waals surface area contributed by atoms with Crippen LogP contribution in [-0.4, -0.2) is 56.9 Å². The van der Waals surface area contributed by atoms with Crippen LogP contribution in [0.5, 0.6) is 5.75 Å². The number of piperidine rings is 1. The molecule has 160 valence electrons. The lowest BCUT2D eigenvalue weighted by atomic mass is 9.89. The third kappa shape index (κ3) is 5.17. The zero-order valence-electron chi connectivity index (χ0n) is 17.5. The summed E-state index contributed by atoms with van der Waals surface area (Å²) in [4.78, 5) is 27.0. The molecule has 0 radical (unpaired) electrons. The molecule has 8 nitrogen and oxygen atoms in total. The molecule has 4 aliphatic rings. The van der Waals surface area contributed by atoms with Gasteiger partial charge >= 0.3 is 0 Å². The number of hydrogen-bond donors (Lipinski definition) is 1. The molecule has 1 saturated heterocycles. The van der Waals surface area contributed by atoms with Crippen molar-refractivity contribution < 1.29 is 14.3 Å². The molecule has 0 spiro atoms. The smallest absolute Gasteiger partial charge is 0.224 e. The van der Waals surface area contributed by atoms with E-state index in [1.54, 1.807) is 4.68 Å². The van der Waals surface area contributed by atoms with E-state index in [0.717, 1.165) is 42.7 Å². The summed E-state index contributed by atoms with van der Waals surface area (Å²) < 4.78 is 7.55. The molecule has 0 aliphatic carbocycles. The quantitative estimate of drug-likeness (QED) is 0.713. The number of hydrogen-bond acceptors (Lipinski definition) is 5. The van der Waals surface area contributed by atoms with Gasteiger partial charge in [-0.1, -0.05) is 17.3 Å². The number of amides is 2. The molecule has 6 bridgehead atoms. The maximum Gasteiger partial charge on any atom is 0.224 e. The highest BCUT2D eigenvalue weighted by atomic mass is 16.5. The fraction of sp³-hybridized carbons (Fsp3) is 0.545. The second-order valence-corrected chi connectivity index (χ2v) is 8.49. The molecule has 1 aromatic heterocycles. The van der Waals surface area contributed by atoms with Crippen LogP contribution in [0.1, 0.15) is 43.9 Å². The third-order valence-electron chi connectivity index (χ3n) is 5.95. The first-order valence-corrected chi connectivity index (χ1v) is 10.7. The summed E-state index contributed by atoms with van der Waals surface area (Å²) in [7, 11) is 0. The average Bonchev–Trinajstić information content (AvgIpc) is 3.16. The first-order chi connectivity index (χ1) is 14.5. The molecular weight excluding hydrogens is 382 g/mol. The van der Waals surface area contributed by atoms with Crippen LogP contribution in [0.25, 0.3) is 0 Å². The summed E-state index contributed by atoms with van der Waals surface area (Å²) in [6.07, 6.45) is 5.79. The van der Waals surface area contributed by atoms with Crippen molar-refractivity contribution in [3.8, 4) is 5.75 Å². The first-order valence-electron chi connectivity index (χ1n) is 10.7. The van der Waals surface area contributed by atoms with Crippen molar-refractivity contribution in [2.75, 3.05) is 19.7 Å². The fourth-order valence-electron chi connectivity index (χ4n) is 4.04. The Morgan fingerprint density at radius 3 is 2.60 bits per heavy atom. The average molecular weight is 412 g/mol. The van der Waals surface area contributed by atoms with Gasteiger partial charge in [-0.15, -0.1) is 5.10 Å². The van der Waals surface area contributed by atoms with Crippen molar-refractivity contribution in [2.24, 2.45) is 0 Å². The molecule has 2 amide bonds. The Kier molecular flexibility index (Phi) is 6.01. The maximum atomic E-state index is 12.6. The highest BCUT2D eigenvalue weighted by Gasteiger charge is 2.32. The van der Waals surface area contributed by atoms with Crippen molar-refractivity contribution in [3.05, 3.63) is 41.7 Å². The number of fused-ring (bicyclic) bond motifs is 2. The molecule has 0 unspecified atom stereocenters. The van der Waals surface area contributed by atoms with Gasteiger partial charge in [0.1, 0.15) is 12.4 Å². The predicted molar refractivity (Wildman–Crippen MR) is 111 cm³/mol. The number of benzene rings is 1. The minimum absolute atomic E-state index is 0.0126. The molecule has 8 heteroatoms. The Labute approximate surface area is 176 Å². The summed E-state index contributed by atoms with van der Waals surface area (Å²) in [6, 6.07) is 7.64. The number of aryl methyl sites for hydroxylation is 1. The molecule has 1 fully saturated rings. The van der Waals surface area contributed by atoms with Crippen LogP contribution < -0.4 is 10.1 Å². The van der Waals surface area contributed by atoms with Crippen molar-refractivity contribution in [1.82, 2.24) is 25.2 Å². The lowest BCUT2D eigenvalue weighted by Crippen LogP contribution is -2.54. The van der Waals surface area contributed by atoms with Crippen LogP contribution in [0.2, 0.25) is 0 Å². The van der Waals surface area contributed by atoms with Crippen LogP contribution >= 0.6 is 0 Å². The van der Waals surface area contributed by atoms with E-state index in [0.29, 0.717) is 39.1 Å². The second kappa shape index (κ2) is 8.85. The van der Waals surface area contributed by atoms with Crippen molar-refractivity contribution >= 4 is 11.8 Å². The van der Waals surface area contributed by atoms with E-state index in [9.17, 15) is 9.59 Å². The van der Waals surface area contributed by atoms with Gasteiger partial charge in [0.05, 0.1) is 18.7 Å². The van der Waals surface area contributed by atoms with Gasteiger partial charge in [0.25, 0.3) is 0 Å². The Hall–Kier alpha value is -2.90. The SMILES string of the molecule is CC12CCN(CC1)C(=O)CCCc1cn(nn1)CCOc1ccc(cc1)CC(=O)N2. The number of rotatable bonds is 0. The largest absolute Gasteiger partial charge is 0.492 e. The summed E-state index contributed by atoms with van der Waals surface area (Å²) in [5, 5.41) is 11.5. The van der Waals surface area contributed by atoms with E-state index in [4.69, 9.17) is 4.74 Å². The lowest BCUT2D eigenvalue weighted by Gasteiger charge is -2.40. The zero-order chi connectivity index (χ0) is 21.0. The summed E-state index contributed by atoms with van der Waals surface area (Å²) in [5.41, 5.74) is 1.57. The van der Waals surface area contributed by atoms with Gasteiger partial charge in [-0.3, -0.25) is 9.59 Å². The Bertz CT molecular complexity index is 884. The topological polar surface area (TPSA) is 89.3 Å². The van der Waals surface area contributed by atoms with E-state index in [2.05, 4.69) is 22.6 Å². The van der Waals surface area contributed by atoms with Crippen LogP contribution in [0.3, 0.4) is 0 Å². The lowest BCUT2D eigenvalue weighted by molar-refractivity contribution is -0.133. The number of carbonyl (C=O) groups is 2. The van der Waals surface area contributed by atoms with Gasteiger partial charge in [-0.05, 0) is 50.3 Å². The van der Waals surface area contributed by atoms with Crippen LogP contribution in [-0.2, 0) is 29.0 Å². The van der Waals surface area contributed by atoms with Crippen molar-refractivity contribution in [1.29, 1.82) is 0 Å². The minimum atomic E-state index is -0.270. The Balaban J connectivity index is 1.46. The zero-order valence-corrected chi connectivity index (χ0v) is 17.5. The third-order valence-corrected chi connectivity index (χ3v) is 5.95. The molecule has 0 saturated carbocycles. The normalized spacial score (nSPS) is 20.4. The molecule has 1 N–H and O–H groups in total. The van der Waals surface area contributed by atoms with Crippen LogP contribution in [0, 0.1) is 0 Å². The fourth-order valence-corrected chi connectivity index (χ4v) is 4.04. The molecular formula is C22H29N5O3. The van der Waals surface area contributed by atoms with E-state index < -0.39 is 0 Å². The Morgan fingerprint density at radius 1 is 1.07 bits per heavy atom. The highest BCUT2D eigenvalue weighted by Crippen LogP contribution is 2.23. The summed E-state index contributed by atoms with van der Waals surface area (Å²) in [6.45, 7) is 4.51. The van der Waals surface area contributed by atoms with Crippen molar-refractivity contribution in [3.63, 3.8) is 0 Å². The van der Waals surface area contributed by atoms with Crippen LogP contribution in [0.15, 0.2) is 30.5 Å². The summed E-state index contributed by atoms with van der Waals surface area (Å²) >= 11 is 0. The summed E-state index contributed by atoms with van der Waals surface area (Å²) in [5.74, 6) is 0.955. The molecule has 30 heavy (non-hydrogen) atoms. The predicted octanol–water partition coefficient (Wildman–Crippen LogP) is 1.73. The van der Waals surface area contributed by atoms with Gasteiger partial charge in [-0.2, -0.15) is 0 Å². The van der Waals surface area contributed by atoms with Crippen molar-refractivity contribution in [2.45, 2.75) is 57.5 Å². The molecule has 2 aromatic rings. The number of carbonyl (C=O) groups excluding carboxylic acids is 2. The van der Waals surface area contributed by atoms with Gasteiger partial charge < -0.3 is 15.0 Å². The molecule has 6 rings (SSSR count). The molecule has 1 aromatic carbocycles. The number of ether oxygens (including phenoxy) is 1. The number of aromatic nitrogens is 3. The maximum absolute atomic E-state index is 12.6. The highest BCUT2D eigenvalue weighted by molar-refractivity contribution is 5.79. The van der Waals surface area contributed by atoms with Gasteiger partial charge in [0.2, 0.25) is 11.8 Å². The monoisotopic (exact) mass is 411 g/mol. The number of nitrogens with zero attached hydrogens (tertiary/aromatic N) is 4. The van der Waals surface area contributed by atoms with E-state index in [-0.39, 0.29) is 17.4 Å². The number of nitrogens with one attached hydrogen (secondary N) is 1.